The molecule has 1 aromatic rings. The number of aliphatic hydroxyl groups excluding tert-OH is 1. The predicted molar refractivity (Wildman–Crippen MR) is 90.7 cm³/mol. The third-order valence-corrected chi connectivity index (χ3v) is 3.76. The van der Waals surface area contributed by atoms with Crippen LogP contribution in [0.3, 0.4) is 0 Å². The van der Waals surface area contributed by atoms with E-state index in [1.54, 1.807) is 12.4 Å². The van der Waals surface area contributed by atoms with Gasteiger partial charge in [0, 0.05) is 24.5 Å². The lowest BCUT2D eigenvalue weighted by molar-refractivity contribution is 0.0647. The number of nitrogens with one attached hydrogen (secondary N) is 2. The van der Waals surface area contributed by atoms with Gasteiger partial charge in [-0.25, -0.2) is 4.98 Å². The molecule has 130 valence electrons. The lowest BCUT2D eigenvalue weighted by Crippen LogP contribution is -2.42. The lowest BCUT2D eigenvalue weighted by Gasteiger charge is -2.28. The van der Waals surface area contributed by atoms with E-state index in [9.17, 15) is 5.11 Å². The minimum atomic E-state index is -0.622. The Labute approximate surface area is 145 Å². The zero-order valence-corrected chi connectivity index (χ0v) is 15.3. The van der Waals surface area contributed by atoms with Crippen molar-refractivity contribution < 1.29 is 14.6 Å². The maximum Gasteiger partial charge on any atom is 0.237 e. The molecule has 23 heavy (non-hydrogen) atoms. The van der Waals surface area contributed by atoms with Crippen molar-refractivity contribution in [1.29, 1.82) is 0 Å². The molecule has 1 saturated heterocycles. The number of rotatable bonds is 6. The van der Waals surface area contributed by atoms with Crippen molar-refractivity contribution in [2.45, 2.75) is 43.4 Å². The number of nitrogens with zero attached hydrogens (tertiary/aromatic N) is 2. The quantitative estimate of drug-likeness (QED) is 0.494. The fraction of sp³-hybridized carbons (Fsp3) is 0.733. The molecule has 8 heteroatoms. The molecule has 3 atom stereocenters. The van der Waals surface area contributed by atoms with Gasteiger partial charge in [0.15, 0.2) is 0 Å². The number of ether oxygens (including phenoxy) is 2. The van der Waals surface area contributed by atoms with Crippen LogP contribution in [0, 0.1) is 0 Å². The van der Waals surface area contributed by atoms with Crippen molar-refractivity contribution in [3.05, 3.63) is 18.1 Å². The summed E-state index contributed by atoms with van der Waals surface area (Å²) >= 11 is 3.48. The number of hydrogen-bond acceptors (Lipinski definition) is 7. The summed E-state index contributed by atoms with van der Waals surface area (Å²) in [6.07, 6.45) is 2.58. The smallest absolute Gasteiger partial charge is 0.237 e. The Morgan fingerprint density at radius 3 is 2.87 bits per heavy atom. The Morgan fingerprint density at radius 2 is 2.17 bits per heavy atom. The summed E-state index contributed by atoms with van der Waals surface area (Å²) in [5.41, 5.74) is 0.639. The number of halogens is 1. The molecule has 0 bridgehead atoms. The van der Waals surface area contributed by atoms with Gasteiger partial charge < -0.3 is 19.9 Å². The number of β-amino-alcohol motifs (C(OH)–C–C–N with tert-alkyl or cyclic N) is 1. The molecule has 1 aliphatic rings. The highest BCUT2D eigenvalue weighted by molar-refractivity contribution is 9.09. The van der Waals surface area contributed by atoms with Gasteiger partial charge in [-0.3, -0.25) is 10.3 Å². The summed E-state index contributed by atoms with van der Waals surface area (Å²) in [6.45, 7) is 7.86. The zero-order valence-electron chi connectivity index (χ0n) is 13.8. The average Bonchev–Trinajstić information content (AvgIpc) is 2.50. The van der Waals surface area contributed by atoms with Gasteiger partial charge in [0.05, 0.1) is 24.2 Å². The van der Waals surface area contributed by atoms with E-state index >= 15 is 0 Å². The molecule has 0 aromatic carbocycles. The van der Waals surface area contributed by atoms with Crippen molar-refractivity contribution in [3.8, 4) is 5.88 Å². The third kappa shape index (κ3) is 6.31. The summed E-state index contributed by atoms with van der Waals surface area (Å²) in [5.74, 6) is 0.421. The first-order valence-corrected chi connectivity index (χ1v) is 8.61. The van der Waals surface area contributed by atoms with Gasteiger partial charge in [-0.2, -0.15) is 0 Å². The molecule has 3 unspecified atom stereocenters. The van der Waals surface area contributed by atoms with Crippen molar-refractivity contribution in [2.75, 3.05) is 26.4 Å². The van der Waals surface area contributed by atoms with Gasteiger partial charge in [0.2, 0.25) is 5.88 Å². The van der Waals surface area contributed by atoms with Gasteiger partial charge in [-0.1, -0.05) is 15.9 Å². The first kappa shape index (κ1) is 18.5. The normalized spacial score (nSPS) is 23.5. The van der Waals surface area contributed by atoms with E-state index in [4.69, 9.17) is 9.47 Å². The second-order valence-electron chi connectivity index (χ2n) is 6.57. The highest BCUT2D eigenvalue weighted by Crippen LogP contribution is 2.24. The van der Waals surface area contributed by atoms with Crippen molar-refractivity contribution in [2.24, 2.45) is 0 Å². The van der Waals surface area contributed by atoms with Crippen LogP contribution in [0.5, 0.6) is 5.88 Å². The van der Waals surface area contributed by atoms with Crippen LogP contribution in [0.25, 0.3) is 0 Å². The van der Waals surface area contributed by atoms with Crippen molar-refractivity contribution >= 4 is 15.9 Å². The molecular weight excluding hydrogens is 364 g/mol. The maximum atomic E-state index is 10.0. The standard InChI is InChI=1S/C15H25BrN4O3/c1-15(2,3)19-6-10(21)7-23-14-13(17-4-5-18-14)11-8-22-9-12(16)20-11/h4-5,10-12,19-21H,6-9H2,1-3H3. The van der Waals surface area contributed by atoms with Crippen LogP contribution in [-0.2, 0) is 4.74 Å². The van der Waals surface area contributed by atoms with Crippen LogP contribution in [0.2, 0.25) is 0 Å². The summed E-state index contributed by atoms with van der Waals surface area (Å²) in [6, 6.07) is -0.0957. The molecule has 2 rings (SSSR count). The fourth-order valence-corrected chi connectivity index (χ4v) is 2.61. The third-order valence-electron chi connectivity index (χ3n) is 3.23. The second-order valence-corrected chi connectivity index (χ2v) is 7.67. The second kappa shape index (κ2) is 8.34. The predicted octanol–water partition coefficient (Wildman–Crippen LogP) is 0.986. The highest BCUT2D eigenvalue weighted by Gasteiger charge is 2.26. The van der Waals surface area contributed by atoms with Gasteiger partial charge in [-0.05, 0) is 20.8 Å². The van der Waals surface area contributed by atoms with Crippen LogP contribution in [0.4, 0.5) is 0 Å². The Morgan fingerprint density at radius 1 is 1.43 bits per heavy atom. The molecule has 0 spiro atoms. The Kier molecular flexibility index (Phi) is 6.72. The number of hydrogen-bond donors (Lipinski definition) is 3. The molecule has 1 fully saturated rings. The molecular formula is C15H25BrN4O3. The van der Waals surface area contributed by atoms with E-state index in [1.807, 2.05) is 20.8 Å². The molecule has 0 aliphatic carbocycles. The molecule has 0 radical (unpaired) electrons. The number of aliphatic hydroxyl groups is 1. The van der Waals surface area contributed by atoms with E-state index in [2.05, 4.69) is 36.5 Å². The maximum absolute atomic E-state index is 10.0. The lowest BCUT2D eigenvalue weighted by atomic mass is 10.1. The van der Waals surface area contributed by atoms with Crippen LogP contribution >= 0.6 is 15.9 Å². The summed E-state index contributed by atoms with van der Waals surface area (Å²) in [4.78, 5) is 8.65. The molecule has 0 amide bonds. The van der Waals surface area contributed by atoms with E-state index in [0.29, 0.717) is 31.3 Å². The van der Waals surface area contributed by atoms with E-state index in [-0.39, 0.29) is 23.1 Å². The van der Waals surface area contributed by atoms with Crippen molar-refractivity contribution in [3.63, 3.8) is 0 Å². The number of alkyl halides is 1. The number of aromatic nitrogens is 2. The Balaban J connectivity index is 1.92. The monoisotopic (exact) mass is 388 g/mol. The molecule has 1 aliphatic heterocycles. The summed E-state index contributed by atoms with van der Waals surface area (Å²) in [7, 11) is 0. The number of morpholine rings is 1. The van der Waals surface area contributed by atoms with Crippen LogP contribution in [-0.4, -0.2) is 58.0 Å². The van der Waals surface area contributed by atoms with Gasteiger partial charge in [0.1, 0.15) is 18.4 Å². The molecule has 0 saturated carbocycles. The topological polar surface area (TPSA) is 88.5 Å². The van der Waals surface area contributed by atoms with Gasteiger partial charge >= 0.3 is 0 Å². The van der Waals surface area contributed by atoms with Crippen LogP contribution < -0.4 is 15.4 Å². The minimum absolute atomic E-state index is 0.0487. The molecule has 2 heterocycles. The van der Waals surface area contributed by atoms with E-state index < -0.39 is 6.10 Å². The highest BCUT2D eigenvalue weighted by atomic mass is 79.9. The average molecular weight is 389 g/mol. The zero-order chi connectivity index (χ0) is 16.9. The first-order chi connectivity index (χ1) is 10.8. The molecule has 7 nitrogen and oxygen atoms in total. The largest absolute Gasteiger partial charge is 0.474 e. The summed E-state index contributed by atoms with van der Waals surface area (Å²) in [5, 5.41) is 16.6. The van der Waals surface area contributed by atoms with Gasteiger partial charge in [-0.15, -0.1) is 0 Å². The first-order valence-electron chi connectivity index (χ1n) is 7.70. The molecule has 3 N–H and O–H groups in total. The SMILES string of the molecule is CC(C)(C)NCC(O)COc1nccnc1C1COCC(Br)N1. The molecule has 1 aromatic heterocycles. The van der Waals surface area contributed by atoms with Crippen LogP contribution in [0.15, 0.2) is 12.4 Å². The Bertz CT molecular complexity index is 498. The van der Waals surface area contributed by atoms with E-state index in [1.165, 1.54) is 0 Å². The van der Waals surface area contributed by atoms with Crippen LogP contribution in [0.1, 0.15) is 32.5 Å². The van der Waals surface area contributed by atoms with Crippen molar-refractivity contribution in [1.82, 2.24) is 20.6 Å². The fourth-order valence-electron chi connectivity index (χ4n) is 2.11. The Hall–Kier alpha value is -0.800. The van der Waals surface area contributed by atoms with Gasteiger partial charge in [0.25, 0.3) is 0 Å². The minimum Gasteiger partial charge on any atom is -0.474 e. The van der Waals surface area contributed by atoms with E-state index in [0.717, 1.165) is 0 Å². The summed E-state index contributed by atoms with van der Waals surface area (Å²) < 4.78 is 11.2.